The van der Waals surface area contributed by atoms with Crippen molar-refractivity contribution in [3.05, 3.63) is 53.3 Å². The molecule has 0 bridgehead atoms. The predicted molar refractivity (Wildman–Crippen MR) is 159 cm³/mol. The summed E-state index contributed by atoms with van der Waals surface area (Å²) in [6.45, 7) is 10.9. The van der Waals surface area contributed by atoms with E-state index in [0.29, 0.717) is 18.7 Å². The van der Waals surface area contributed by atoms with Crippen molar-refractivity contribution < 1.29 is 19.0 Å². The van der Waals surface area contributed by atoms with Gasteiger partial charge in [0.25, 0.3) is 5.91 Å². The Hall–Kier alpha value is -3.30. The van der Waals surface area contributed by atoms with Crippen LogP contribution in [-0.4, -0.2) is 71.3 Å². The van der Waals surface area contributed by atoms with Crippen LogP contribution in [-0.2, 0) is 11.3 Å². The summed E-state index contributed by atoms with van der Waals surface area (Å²) in [6, 6.07) is 9.75. The molecule has 2 fully saturated rings. The molecular weight excluding hydrogens is 521 g/mol. The van der Waals surface area contributed by atoms with Crippen LogP contribution in [0.15, 0.2) is 46.6 Å². The summed E-state index contributed by atoms with van der Waals surface area (Å²) < 4.78 is 21.5. The average molecular weight is 564 g/mol. The van der Waals surface area contributed by atoms with E-state index in [1.807, 2.05) is 23.6 Å². The van der Waals surface area contributed by atoms with Crippen molar-refractivity contribution in [3.8, 4) is 11.6 Å². The quantitative estimate of drug-likeness (QED) is 0.283. The van der Waals surface area contributed by atoms with Crippen LogP contribution in [0, 0.1) is 12.7 Å². The molecule has 2 saturated heterocycles. The molecule has 1 N–H and O–H groups in total. The topological polar surface area (TPSA) is 82.7 Å². The Labute approximate surface area is 241 Å². The van der Waals surface area contributed by atoms with Crippen LogP contribution in [0.2, 0.25) is 0 Å². The Balaban J connectivity index is 1.41. The number of piperidine rings is 2. The number of likely N-dealkylation sites (tertiary alicyclic amines) is 2. The van der Waals surface area contributed by atoms with E-state index in [1.165, 1.54) is 50.7 Å². The van der Waals surface area contributed by atoms with Crippen molar-refractivity contribution >= 4 is 22.5 Å². The molecule has 0 saturated carbocycles. The Kier molecular flexibility index (Phi) is 9.67. The summed E-state index contributed by atoms with van der Waals surface area (Å²) in [5, 5.41) is 20.5. The summed E-state index contributed by atoms with van der Waals surface area (Å²) >= 11 is 0. The molecule has 3 heterocycles. The first-order valence-electron chi connectivity index (χ1n) is 15.1. The van der Waals surface area contributed by atoms with Gasteiger partial charge < -0.3 is 19.3 Å². The highest BCUT2D eigenvalue weighted by atomic mass is 19.1. The lowest BCUT2D eigenvalue weighted by Gasteiger charge is -2.26. The summed E-state index contributed by atoms with van der Waals surface area (Å²) in [5.41, 5.74) is 2.64. The molecule has 9 heteroatoms. The van der Waals surface area contributed by atoms with Gasteiger partial charge in [-0.3, -0.25) is 9.69 Å². The summed E-state index contributed by atoms with van der Waals surface area (Å²) in [5.74, 6) is -0.677. The van der Waals surface area contributed by atoms with E-state index in [9.17, 15) is 14.3 Å². The van der Waals surface area contributed by atoms with Gasteiger partial charge in [-0.25, -0.2) is 4.39 Å². The van der Waals surface area contributed by atoms with Gasteiger partial charge in [-0.2, -0.15) is 0 Å². The van der Waals surface area contributed by atoms with Crippen LogP contribution in [0.1, 0.15) is 62.5 Å². The van der Waals surface area contributed by atoms with E-state index < -0.39 is 11.8 Å². The monoisotopic (exact) mass is 563 g/mol. The van der Waals surface area contributed by atoms with Crippen LogP contribution in [0.3, 0.4) is 0 Å². The summed E-state index contributed by atoms with van der Waals surface area (Å²) in [6.07, 6.45) is 7.44. The number of halogens is 1. The summed E-state index contributed by atoms with van der Waals surface area (Å²) in [4.78, 5) is 17.8. The van der Waals surface area contributed by atoms with E-state index in [-0.39, 0.29) is 17.4 Å². The zero-order chi connectivity index (χ0) is 28.8. The number of carbonyl (C=O) groups excluding carboxylic acids is 1. The van der Waals surface area contributed by atoms with Crippen LogP contribution < -0.4 is 4.74 Å². The molecule has 2 aliphatic heterocycles. The third kappa shape index (κ3) is 6.96. The molecule has 220 valence electrons. The van der Waals surface area contributed by atoms with Gasteiger partial charge in [0.15, 0.2) is 5.69 Å². The molecule has 8 nitrogen and oxygen atoms in total. The van der Waals surface area contributed by atoms with Crippen molar-refractivity contribution in [2.75, 3.05) is 45.9 Å². The van der Waals surface area contributed by atoms with Gasteiger partial charge in [0.05, 0.1) is 11.4 Å². The van der Waals surface area contributed by atoms with Gasteiger partial charge in [-0.1, -0.05) is 25.0 Å². The summed E-state index contributed by atoms with van der Waals surface area (Å²) in [7, 11) is 0. The zero-order valence-electron chi connectivity index (χ0n) is 24.3. The van der Waals surface area contributed by atoms with Crippen LogP contribution in [0.4, 0.5) is 10.1 Å². The maximum atomic E-state index is 13.4. The highest BCUT2D eigenvalue weighted by Gasteiger charge is 2.23. The molecule has 0 spiro atoms. The van der Waals surface area contributed by atoms with Gasteiger partial charge in [0.1, 0.15) is 18.2 Å². The second-order valence-corrected chi connectivity index (χ2v) is 11.4. The Morgan fingerprint density at radius 2 is 1.56 bits per heavy atom. The number of fused-ring (bicyclic) bond motifs is 1. The number of azo groups is 1. The number of aromatic nitrogens is 1. The van der Waals surface area contributed by atoms with Gasteiger partial charge in [-0.05, 0) is 95.5 Å². The Morgan fingerprint density at radius 1 is 0.927 bits per heavy atom. The van der Waals surface area contributed by atoms with Gasteiger partial charge >= 0.3 is 0 Å². The van der Waals surface area contributed by atoms with Crippen molar-refractivity contribution in [2.24, 2.45) is 10.2 Å². The van der Waals surface area contributed by atoms with Gasteiger partial charge in [-0.15, -0.1) is 10.2 Å². The molecule has 41 heavy (non-hydrogen) atoms. The molecule has 2 aliphatic rings. The highest BCUT2D eigenvalue weighted by Crippen LogP contribution is 2.43. The Morgan fingerprint density at radius 3 is 2.22 bits per heavy atom. The number of aryl methyl sites for hydroxylation is 1. The zero-order valence-corrected chi connectivity index (χ0v) is 24.3. The van der Waals surface area contributed by atoms with Crippen molar-refractivity contribution in [2.45, 2.75) is 64.8 Å². The molecule has 1 atom stereocenters. The number of benzene rings is 2. The van der Waals surface area contributed by atoms with Crippen molar-refractivity contribution in [3.63, 3.8) is 0 Å². The smallest absolute Gasteiger partial charge is 0.271 e. The average Bonchev–Trinajstić information content (AvgIpc) is 3.27. The van der Waals surface area contributed by atoms with Gasteiger partial charge in [0.2, 0.25) is 5.88 Å². The fraction of sp³-hybridized carbons (Fsp3) is 0.531. The molecular formula is C32H42FN5O3. The highest BCUT2D eigenvalue weighted by molar-refractivity contribution is 5.99. The van der Waals surface area contributed by atoms with Crippen LogP contribution >= 0.6 is 0 Å². The molecule has 1 unspecified atom stereocenters. The lowest BCUT2D eigenvalue weighted by Crippen LogP contribution is -2.33. The SMILES string of the molecule is Cc1c(OCCN2CCCCC2)ccc2c1c(N=NC(=O)C(C)c1ccc(F)cc1)c(O)n2CCN1CCCCC1. The standard InChI is InChI=1S/C32H42FN5O3/c1-23(25-9-11-26(33)12-10-25)31(39)35-34-30-29-24(2)28(41-22-21-37-17-7-4-8-18-37)14-13-27(29)38(32(30)40)20-19-36-15-5-3-6-16-36/h9-14,23,40H,3-8,15-22H2,1-2H3. The predicted octanol–water partition coefficient (Wildman–Crippen LogP) is 6.56. The number of amides is 1. The minimum Gasteiger partial charge on any atom is -0.493 e. The molecule has 0 aliphatic carbocycles. The second kappa shape index (κ2) is 13.6. The molecule has 0 radical (unpaired) electrons. The van der Waals surface area contributed by atoms with E-state index >= 15 is 0 Å². The van der Waals surface area contributed by atoms with Crippen LogP contribution in [0.25, 0.3) is 10.9 Å². The van der Waals surface area contributed by atoms with E-state index in [1.54, 1.807) is 19.1 Å². The van der Waals surface area contributed by atoms with Crippen molar-refractivity contribution in [1.82, 2.24) is 14.4 Å². The Bertz CT molecular complexity index is 1360. The maximum Gasteiger partial charge on any atom is 0.271 e. The molecule has 1 aromatic heterocycles. The minimum atomic E-state index is -0.594. The number of rotatable bonds is 10. The van der Waals surface area contributed by atoms with Crippen molar-refractivity contribution in [1.29, 1.82) is 0 Å². The maximum absolute atomic E-state index is 13.4. The minimum absolute atomic E-state index is 0.00318. The lowest BCUT2D eigenvalue weighted by atomic mass is 10.0. The van der Waals surface area contributed by atoms with E-state index in [0.717, 1.165) is 61.5 Å². The van der Waals surface area contributed by atoms with Gasteiger partial charge in [0, 0.05) is 30.6 Å². The number of nitrogens with zero attached hydrogens (tertiary/aromatic N) is 5. The largest absolute Gasteiger partial charge is 0.493 e. The fourth-order valence-corrected chi connectivity index (χ4v) is 6.01. The number of hydrogen-bond acceptors (Lipinski definition) is 6. The normalized spacial score (nSPS) is 17.8. The number of ether oxygens (including phenoxy) is 1. The van der Waals surface area contributed by atoms with Crippen LogP contribution in [0.5, 0.6) is 11.6 Å². The molecule has 2 aromatic carbocycles. The first kappa shape index (κ1) is 29.2. The second-order valence-electron chi connectivity index (χ2n) is 11.4. The van der Waals surface area contributed by atoms with E-state index in [2.05, 4.69) is 20.0 Å². The third-order valence-corrected chi connectivity index (χ3v) is 8.58. The number of hydrogen-bond donors (Lipinski definition) is 1. The molecule has 3 aromatic rings. The number of carbonyl (C=O) groups is 1. The lowest BCUT2D eigenvalue weighted by molar-refractivity contribution is -0.119. The fourth-order valence-electron chi connectivity index (χ4n) is 6.01. The first-order chi connectivity index (χ1) is 19.9. The molecule has 1 amide bonds. The third-order valence-electron chi connectivity index (χ3n) is 8.58. The van der Waals surface area contributed by atoms with E-state index in [4.69, 9.17) is 4.74 Å². The first-order valence-corrected chi connectivity index (χ1v) is 15.1. The molecule has 5 rings (SSSR count). The number of aromatic hydroxyl groups is 1.